The van der Waals surface area contributed by atoms with E-state index in [1.54, 1.807) is 14.2 Å². The minimum Gasteiger partial charge on any atom is -0.396 e. The maximum atomic E-state index is 9.01. The highest BCUT2D eigenvalue weighted by Gasteiger charge is 2.27. The summed E-state index contributed by atoms with van der Waals surface area (Å²) in [6.07, 6.45) is 0.807. The summed E-state index contributed by atoms with van der Waals surface area (Å²) in [6, 6.07) is 0.224. The molecule has 3 atom stereocenters. The minimum absolute atomic E-state index is 0.139. The van der Waals surface area contributed by atoms with E-state index >= 15 is 0 Å². The molecule has 0 rings (SSSR count). The van der Waals surface area contributed by atoms with Crippen LogP contribution in [0.15, 0.2) is 0 Å². The highest BCUT2D eigenvalue weighted by molar-refractivity contribution is 4.87. The van der Waals surface area contributed by atoms with Gasteiger partial charge < -0.3 is 19.9 Å². The number of methoxy groups -OCH3 is 2. The van der Waals surface area contributed by atoms with Crippen LogP contribution in [0.5, 0.6) is 0 Å². The number of ether oxygens (including phenoxy) is 2. The lowest BCUT2D eigenvalue weighted by molar-refractivity contribution is 0.0468. The summed E-state index contributed by atoms with van der Waals surface area (Å²) >= 11 is 0. The Morgan fingerprint density at radius 3 is 2.33 bits per heavy atom. The lowest BCUT2D eigenvalue weighted by Crippen LogP contribution is -2.54. The fourth-order valence-electron chi connectivity index (χ4n) is 1.62. The molecule has 0 aromatic heterocycles. The van der Waals surface area contributed by atoms with Gasteiger partial charge in [-0.05, 0) is 27.2 Å². The standard InChI is InChI=1S/C11H25NO3/c1-9(10(2)15-5)12-11(3,6-7-13)8-14-4/h9-10,12-13H,6-8H2,1-5H3. The second kappa shape index (κ2) is 7.17. The van der Waals surface area contributed by atoms with Crippen LogP contribution < -0.4 is 5.32 Å². The molecule has 4 heteroatoms. The Balaban J connectivity index is 4.26. The van der Waals surface area contributed by atoms with Gasteiger partial charge in [-0.1, -0.05) is 0 Å². The van der Waals surface area contributed by atoms with Gasteiger partial charge in [-0.2, -0.15) is 0 Å². The first-order valence-electron chi connectivity index (χ1n) is 5.39. The Bertz CT molecular complexity index is 158. The van der Waals surface area contributed by atoms with Crippen molar-refractivity contribution in [3.05, 3.63) is 0 Å². The Kier molecular flexibility index (Phi) is 7.09. The van der Waals surface area contributed by atoms with Crippen LogP contribution in [0, 0.1) is 0 Å². The maximum absolute atomic E-state index is 9.01. The number of aliphatic hydroxyl groups is 1. The average Bonchev–Trinajstić information content (AvgIpc) is 2.16. The molecule has 0 aliphatic rings. The number of nitrogens with one attached hydrogen (secondary N) is 1. The van der Waals surface area contributed by atoms with Crippen molar-refractivity contribution in [1.82, 2.24) is 5.32 Å². The van der Waals surface area contributed by atoms with Crippen LogP contribution in [-0.2, 0) is 9.47 Å². The highest BCUT2D eigenvalue weighted by atomic mass is 16.5. The van der Waals surface area contributed by atoms with Crippen molar-refractivity contribution in [2.24, 2.45) is 0 Å². The van der Waals surface area contributed by atoms with Crippen molar-refractivity contribution < 1.29 is 14.6 Å². The van der Waals surface area contributed by atoms with Gasteiger partial charge in [-0.15, -0.1) is 0 Å². The summed E-state index contributed by atoms with van der Waals surface area (Å²) in [4.78, 5) is 0. The van der Waals surface area contributed by atoms with Gasteiger partial charge in [0.25, 0.3) is 0 Å². The highest BCUT2D eigenvalue weighted by Crippen LogP contribution is 2.12. The molecule has 92 valence electrons. The zero-order valence-corrected chi connectivity index (χ0v) is 10.5. The smallest absolute Gasteiger partial charge is 0.0693 e. The Morgan fingerprint density at radius 2 is 1.93 bits per heavy atom. The van der Waals surface area contributed by atoms with Gasteiger partial charge >= 0.3 is 0 Å². The van der Waals surface area contributed by atoms with Crippen LogP contribution in [-0.4, -0.2) is 50.2 Å². The van der Waals surface area contributed by atoms with E-state index in [2.05, 4.69) is 12.2 Å². The molecule has 3 unspecified atom stereocenters. The Labute approximate surface area is 93.0 Å². The monoisotopic (exact) mass is 219 g/mol. The second-order valence-electron chi connectivity index (χ2n) is 4.34. The van der Waals surface area contributed by atoms with E-state index in [0.717, 1.165) is 0 Å². The second-order valence-corrected chi connectivity index (χ2v) is 4.34. The first-order valence-corrected chi connectivity index (χ1v) is 5.39. The molecule has 15 heavy (non-hydrogen) atoms. The fourth-order valence-corrected chi connectivity index (χ4v) is 1.62. The van der Waals surface area contributed by atoms with Gasteiger partial charge in [0.05, 0.1) is 12.7 Å². The lowest BCUT2D eigenvalue weighted by atomic mass is 9.97. The summed E-state index contributed by atoms with van der Waals surface area (Å²) in [5, 5.41) is 12.4. The Morgan fingerprint density at radius 1 is 1.33 bits per heavy atom. The molecular formula is C11H25NO3. The van der Waals surface area contributed by atoms with Crippen molar-refractivity contribution >= 4 is 0 Å². The predicted molar refractivity (Wildman–Crippen MR) is 61.1 cm³/mol. The third kappa shape index (κ3) is 5.47. The van der Waals surface area contributed by atoms with Gasteiger partial charge in [-0.3, -0.25) is 0 Å². The summed E-state index contributed by atoms with van der Waals surface area (Å²) in [5.41, 5.74) is -0.199. The maximum Gasteiger partial charge on any atom is 0.0693 e. The molecule has 4 nitrogen and oxygen atoms in total. The summed E-state index contributed by atoms with van der Waals surface area (Å²) in [7, 11) is 3.37. The zero-order chi connectivity index (χ0) is 11.9. The molecule has 0 bridgehead atoms. The van der Waals surface area contributed by atoms with E-state index in [1.165, 1.54) is 0 Å². The number of hydrogen-bond acceptors (Lipinski definition) is 4. The van der Waals surface area contributed by atoms with Crippen LogP contribution in [0.4, 0.5) is 0 Å². The van der Waals surface area contributed by atoms with Gasteiger partial charge in [0.15, 0.2) is 0 Å². The molecule has 0 saturated heterocycles. The minimum atomic E-state index is -0.199. The van der Waals surface area contributed by atoms with Gasteiger partial charge in [0.2, 0.25) is 0 Å². The van der Waals surface area contributed by atoms with E-state index in [9.17, 15) is 0 Å². The summed E-state index contributed by atoms with van der Waals surface area (Å²) in [6.45, 7) is 6.87. The fraction of sp³-hybridized carbons (Fsp3) is 1.00. The van der Waals surface area contributed by atoms with E-state index in [4.69, 9.17) is 14.6 Å². The van der Waals surface area contributed by atoms with Gasteiger partial charge in [-0.25, -0.2) is 0 Å². The zero-order valence-electron chi connectivity index (χ0n) is 10.5. The Hall–Kier alpha value is -0.160. The SMILES string of the molecule is COCC(C)(CCO)NC(C)C(C)OC. The molecule has 0 aromatic carbocycles. The summed E-state index contributed by atoms with van der Waals surface area (Å²) in [5.74, 6) is 0. The number of rotatable bonds is 8. The van der Waals surface area contributed by atoms with Gasteiger partial charge in [0, 0.05) is 32.4 Å². The molecule has 0 radical (unpaired) electrons. The molecule has 0 amide bonds. The molecule has 0 aromatic rings. The van der Waals surface area contributed by atoms with Crippen molar-refractivity contribution in [1.29, 1.82) is 0 Å². The molecule has 2 N–H and O–H groups in total. The third-order valence-electron chi connectivity index (χ3n) is 2.78. The van der Waals surface area contributed by atoms with Crippen molar-refractivity contribution in [3.63, 3.8) is 0 Å². The first kappa shape index (κ1) is 14.8. The van der Waals surface area contributed by atoms with Crippen LogP contribution >= 0.6 is 0 Å². The number of hydrogen-bond donors (Lipinski definition) is 2. The van der Waals surface area contributed by atoms with Crippen molar-refractivity contribution in [2.45, 2.75) is 44.9 Å². The van der Waals surface area contributed by atoms with Crippen molar-refractivity contribution in [3.8, 4) is 0 Å². The van der Waals surface area contributed by atoms with Crippen LogP contribution in [0.1, 0.15) is 27.2 Å². The molecule has 0 heterocycles. The lowest BCUT2D eigenvalue weighted by Gasteiger charge is -2.34. The van der Waals surface area contributed by atoms with E-state index in [-0.39, 0.29) is 24.3 Å². The largest absolute Gasteiger partial charge is 0.396 e. The van der Waals surface area contributed by atoms with E-state index in [1.807, 2.05) is 13.8 Å². The average molecular weight is 219 g/mol. The quantitative estimate of drug-likeness (QED) is 0.633. The van der Waals surface area contributed by atoms with Crippen LogP contribution in [0.3, 0.4) is 0 Å². The number of aliphatic hydroxyl groups excluding tert-OH is 1. The van der Waals surface area contributed by atoms with E-state index in [0.29, 0.717) is 13.0 Å². The normalized spacial score (nSPS) is 19.6. The van der Waals surface area contributed by atoms with E-state index < -0.39 is 0 Å². The predicted octanol–water partition coefficient (Wildman–Crippen LogP) is 0.787. The molecule has 0 fully saturated rings. The first-order chi connectivity index (χ1) is 6.99. The van der Waals surface area contributed by atoms with Crippen LogP contribution in [0.25, 0.3) is 0 Å². The topological polar surface area (TPSA) is 50.7 Å². The molecule has 0 spiro atoms. The molecule has 0 saturated carbocycles. The molecule has 0 aliphatic heterocycles. The van der Waals surface area contributed by atoms with Gasteiger partial charge in [0.1, 0.15) is 0 Å². The molecule has 0 aliphatic carbocycles. The van der Waals surface area contributed by atoms with Crippen molar-refractivity contribution in [2.75, 3.05) is 27.4 Å². The third-order valence-corrected chi connectivity index (χ3v) is 2.78. The van der Waals surface area contributed by atoms with Crippen LogP contribution in [0.2, 0.25) is 0 Å². The molecular weight excluding hydrogens is 194 g/mol. The summed E-state index contributed by atoms with van der Waals surface area (Å²) < 4.78 is 10.4.